The van der Waals surface area contributed by atoms with E-state index < -0.39 is 26.0 Å². The molecule has 0 amide bonds. The van der Waals surface area contributed by atoms with Crippen LogP contribution in [-0.4, -0.2) is 26.1 Å². The Balaban J connectivity index is 1.87. The number of hydrogen-bond donors (Lipinski definition) is 0. The van der Waals surface area contributed by atoms with Gasteiger partial charge in [0.05, 0.1) is 21.5 Å². The van der Waals surface area contributed by atoms with E-state index in [1.165, 1.54) is 24.4 Å². The summed E-state index contributed by atoms with van der Waals surface area (Å²) in [6.45, 7) is 3.68. The minimum Gasteiger partial charge on any atom is -0.369 e. The van der Waals surface area contributed by atoms with Crippen LogP contribution < -0.4 is 10.3 Å². The van der Waals surface area contributed by atoms with Crippen molar-refractivity contribution in [3.63, 3.8) is 0 Å². The molecular weight excluding hydrogens is 427 g/mol. The Bertz CT molecular complexity index is 1300. The van der Waals surface area contributed by atoms with E-state index in [9.17, 15) is 17.6 Å². The normalized spacial score (nSPS) is 15.7. The summed E-state index contributed by atoms with van der Waals surface area (Å²) in [4.78, 5) is 14.6. The first-order chi connectivity index (χ1) is 14.2. The van der Waals surface area contributed by atoms with Gasteiger partial charge < -0.3 is 9.47 Å². The van der Waals surface area contributed by atoms with Gasteiger partial charge in [-0.25, -0.2) is 12.8 Å². The summed E-state index contributed by atoms with van der Waals surface area (Å²) < 4.78 is 42.6. The lowest BCUT2D eigenvalue weighted by atomic mass is 9.98. The third-order valence-electron chi connectivity index (χ3n) is 5.74. The molecule has 0 spiro atoms. The zero-order valence-corrected chi connectivity index (χ0v) is 18.3. The number of anilines is 1. The summed E-state index contributed by atoms with van der Waals surface area (Å²) in [5.41, 5.74) is 0.204. The molecule has 1 aromatic heterocycles. The van der Waals surface area contributed by atoms with E-state index in [0.29, 0.717) is 17.1 Å². The topological polar surface area (TPSA) is 59.4 Å². The number of aryl methyl sites for hydroxylation is 1. The van der Waals surface area contributed by atoms with Gasteiger partial charge in [-0.3, -0.25) is 4.79 Å². The number of benzene rings is 2. The second kappa shape index (κ2) is 7.71. The predicted molar refractivity (Wildman–Crippen MR) is 117 cm³/mol. The second-order valence-electron chi connectivity index (χ2n) is 7.88. The van der Waals surface area contributed by atoms with Crippen molar-refractivity contribution in [2.75, 3.05) is 18.0 Å². The molecule has 1 aliphatic heterocycles. The van der Waals surface area contributed by atoms with E-state index >= 15 is 0 Å². The highest BCUT2D eigenvalue weighted by Crippen LogP contribution is 2.30. The standard InChI is InChI=1S/C22H22ClFN2O3S/c1-14-6-8-26(9-7-14)20-12-19-17(11-18(20)24)22(27)21(13-25(19)2)30(28,29)16-5-3-4-15(23)10-16/h3-5,10-14H,6-9H2,1-2H3. The minimum absolute atomic E-state index is 0.0345. The number of rotatable bonds is 3. The largest absolute Gasteiger partial charge is 0.369 e. The number of piperidine rings is 1. The van der Waals surface area contributed by atoms with Crippen LogP contribution in [0.15, 0.2) is 57.2 Å². The van der Waals surface area contributed by atoms with E-state index in [2.05, 4.69) is 6.92 Å². The molecule has 1 fully saturated rings. The lowest BCUT2D eigenvalue weighted by molar-refractivity contribution is 0.434. The summed E-state index contributed by atoms with van der Waals surface area (Å²) in [5, 5.41) is 0.285. The van der Waals surface area contributed by atoms with Crippen molar-refractivity contribution in [3.05, 3.63) is 63.7 Å². The predicted octanol–water partition coefficient (Wildman–Crippen LogP) is 4.40. The fourth-order valence-electron chi connectivity index (χ4n) is 3.91. The molecule has 1 saturated heterocycles. The Morgan fingerprint density at radius 3 is 2.50 bits per heavy atom. The van der Waals surface area contributed by atoms with E-state index in [-0.39, 0.29) is 15.3 Å². The molecule has 0 saturated carbocycles. The van der Waals surface area contributed by atoms with Gasteiger partial charge >= 0.3 is 0 Å². The van der Waals surface area contributed by atoms with Gasteiger partial charge in [0.1, 0.15) is 10.7 Å². The second-order valence-corrected chi connectivity index (χ2v) is 10.2. The average molecular weight is 449 g/mol. The Hall–Kier alpha value is -2.38. The maximum atomic E-state index is 15.0. The van der Waals surface area contributed by atoms with E-state index in [0.717, 1.165) is 32.0 Å². The number of hydrogen-bond acceptors (Lipinski definition) is 4. The molecule has 5 nitrogen and oxygen atoms in total. The third-order valence-corrected chi connectivity index (χ3v) is 7.72. The lowest BCUT2D eigenvalue weighted by Gasteiger charge is -2.32. The first-order valence-corrected chi connectivity index (χ1v) is 11.6. The highest BCUT2D eigenvalue weighted by molar-refractivity contribution is 7.91. The van der Waals surface area contributed by atoms with Crippen LogP contribution in [-0.2, 0) is 16.9 Å². The maximum absolute atomic E-state index is 15.0. The van der Waals surface area contributed by atoms with Crippen LogP contribution in [0.3, 0.4) is 0 Å². The molecule has 0 unspecified atom stereocenters. The molecule has 0 N–H and O–H groups in total. The highest BCUT2D eigenvalue weighted by Gasteiger charge is 2.25. The van der Waals surface area contributed by atoms with Crippen LogP contribution in [0.1, 0.15) is 19.8 Å². The lowest BCUT2D eigenvalue weighted by Crippen LogP contribution is -2.33. The van der Waals surface area contributed by atoms with Crippen LogP contribution in [0.25, 0.3) is 10.9 Å². The number of pyridine rings is 1. The molecule has 30 heavy (non-hydrogen) atoms. The van der Waals surface area contributed by atoms with Crippen LogP contribution in [0.5, 0.6) is 0 Å². The van der Waals surface area contributed by atoms with Gasteiger partial charge in [-0.15, -0.1) is 0 Å². The zero-order valence-electron chi connectivity index (χ0n) is 16.7. The van der Waals surface area contributed by atoms with E-state index in [1.54, 1.807) is 23.7 Å². The zero-order chi connectivity index (χ0) is 21.6. The van der Waals surface area contributed by atoms with Crippen LogP contribution in [0.4, 0.5) is 10.1 Å². The molecule has 0 radical (unpaired) electrons. The van der Waals surface area contributed by atoms with Crippen molar-refractivity contribution in [2.24, 2.45) is 13.0 Å². The number of sulfone groups is 1. The quantitative estimate of drug-likeness (QED) is 0.595. The summed E-state index contributed by atoms with van der Waals surface area (Å²) >= 11 is 5.92. The molecule has 0 atom stereocenters. The van der Waals surface area contributed by atoms with E-state index in [1.807, 2.05) is 4.90 Å². The van der Waals surface area contributed by atoms with Gasteiger partial charge in [-0.05, 0) is 49.1 Å². The smallest absolute Gasteiger partial charge is 0.211 e. The van der Waals surface area contributed by atoms with Gasteiger partial charge in [0, 0.05) is 31.4 Å². The van der Waals surface area contributed by atoms with Crippen molar-refractivity contribution in [1.29, 1.82) is 0 Å². The molecule has 3 aromatic rings. The van der Waals surface area contributed by atoms with Crippen molar-refractivity contribution >= 4 is 38.0 Å². The molecule has 4 rings (SSSR count). The van der Waals surface area contributed by atoms with E-state index in [4.69, 9.17) is 11.6 Å². The Kier molecular flexibility index (Phi) is 5.36. The first-order valence-electron chi connectivity index (χ1n) is 9.77. The fraction of sp³-hybridized carbons (Fsp3) is 0.318. The monoisotopic (exact) mass is 448 g/mol. The fourth-order valence-corrected chi connectivity index (χ4v) is 5.61. The average Bonchev–Trinajstić information content (AvgIpc) is 2.71. The summed E-state index contributed by atoms with van der Waals surface area (Å²) in [6.07, 6.45) is 3.25. The molecule has 2 aromatic carbocycles. The van der Waals surface area contributed by atoms with Crippen molar-refractivity contribution in [2.45, 2.75) is 29.6 Å². The first kappa shape index (κ1) is 20.9. The molecule has 0 aliphatic carbocycles. The van der Waals surface area contributed by atoms with Crippen LogP contribution in [0.2, 0.25) is 5.02 Å². The summed E-state index contributed by atoms with van der Waals surface area (Å²) in [7, 11) is -2.45. The number of halogens is 2. The molecular formula is C22H22ClFN2O3S. The van der Waals surface area contributed by atoms with Gasteiger partial charge in [0.2, 0.25) is 15.3 Å². The Morgan fingerprint density at radius 2 is 1.83 bits per heavy atom. The number of aromatic nitrogens is 1. The molecule has 2 heterocycles. The summed E-state index contributed by atoms with van der Waals surface area (Å²) in [6, 6.07) is 8.52. The van der Waals surface area contributed by atoms with Crippen molar-refractivity contribution in [3.8, 4) is 0 Å². The Labute approximate surface area is 179 Å². The van der Waals surface area contributed by atoms with Crippen LogP contribution >= 0.6 is 11.6 Å². The molecule has 8 heteroatoms. The van der Waals surface area contributed by atoms with Gasteiger partial charge in [0.25, 0.3) is 0 Å². The van der Waals surface area contributed by atoms with Crippen molar-refractivity contribution in [1.82, 2.24) is 4.57 Å². The van der Waals surface area contributed by atoms with Gasteiger partial charge in [-0.1, -0.05) is 24.6 Å². The van der Waals surface area contributed by atoms with Crippen LogP contribution in [0, 0.1) is 11.7 Å². The number of nitrogens with zero attached hydrogens (tertiary/aromatic N) is 2. The van der Waals surface area contributed by atoms with Crippen molar-refractivity contribution < 1.29 is 12.8 Å². The molecule has 158 valence electrons. The van der Waals surface area contributed by atoms with Gasteiger partial charge in [0.15, 0.2) is 0 Å². The molecule has 0 bridgehead atoms. The highest BCUT2D eigenvalue weighted by atomic mass is 35.5. The van der Waals surface area contributed by atoms with Gasteiger partial charge in [-0.2, -0.15) is 0 Å². The number of fused-ring (bicyclic) bond motifs is 1. The maximum Gasteiger partial charge on any atom is 0.211 e. The summed E-state index contributed by atoms with van der Waals surface area (Å²) in [5.74, 6) is 0.0832. The SMILES string of the molecule is CC1CCN(c2cc3c(cc2F)c(=O)c(S(=O)(=O)c2cccc(Cl)c2)cn3C)CC1. The minimum atomic E-state index is -4.11. The Morgan fingerprint density at radius 1 is 1.13 bits per heavy atom. The third kappa shape index (κ3) is 3.61. The molecule has 1 aliphatic rings.